The molecule has 0 aliphatic heterocycles. The Labute approximate surface area is 175 Å². The smallest absolute Gasteiger partial charge is 0.251 e. The Morgan fingerprint density at radius 3 is 2.45 bits per heavy atom. The minimum absolute atomic E-state index is 0.173. The van der Waals surface area contributed by atoms with Crippen molar-refractivity contribution < 1.29 is 4.79 Å². The van der Waals surface area contributed by atoms with Crippen LogP contribution >= 0.6 is 11.6 Å². The summed E-state index contributed by atoms with van der Waals surface area (Å²) in [6.45, 7) is 2.90. The summed E-state index contributed by atoms with van der Waals surface area (Å²) >= 11 is 5.92. The van der Waals surface area contributed by atoms with Gasteiger partial charge in [-0.25, -0.2) is 0 Å². The summed E-state index contributed by atoms with van der Waals surface area (Å²) in [5, 5.41) is 16.1. The molecule has 0 fully saturated rings. The maximum Gasteiger partial charge on any atom is 0.251 e. The molecule has 1 amide bonds. The number of carbonyl (C=O) groups excluding carboxylic acids is 1. The fraction of sp³-hybridized carbons (Fsp3) is 0.333. The number of hydrogen-bond acceptors (Lipinski definition) is 5. The third-order valence-corrected chi connectivity index (χ3v) is 4.82. The van der Waals surface area contributed by atoms with Crippen LogP contribution < -0.4 is 5.32 Å². The average Bonchev–Trinajstić information content (AvgIpc) is 3.18. The lowest BCUT2D eigenvalue weighted by Crippen LogP contribution is -2.27. The molecule has 152 valence electrons. The maximum atomic E-state index is 12.8. The first-order valence-corrected chi connectivity index (χ1v) is 9.94. The predicted molar refractivity (Wildman–Crippen MR) is 115 cm³/mol. The Balaban J connectivity index is 1.67. The summed E-state index contributed by atoms with van der Waals surface area (Å²) in [4.78, 5) is 16.3. The Morgan fingerprint density at radius 2 is 1.83 bits per heavy atom. The molecule has 0 aliphatic carbocycles. The van der Waals surface area contributed by atoms with Gasteiger partial charge < -0.3 is 10.2 Å². The van der Waals surface area contributed by atoms with Crippen LogP contribution in [0.15, 0.2) is 48.5 Å². The van der Waals surface area contributed by atoms with E-state index in [1.54, 1.807) is 12.1 Å². The van der Waals surface area contributed by atoms with E-state index in [0.29, 0.717) is 17.3 Å². The molecule has 7 nitrogen and oxygen atoms in total. The number of tetrazole rings is 1. The summed E-state index contributed by atoms with van der Waals surface area (Å²) in [5.74, 6) is 0.284. The van der Waals surface area contributed by atoms with Crippen LogP contribution in [0.1, 0.15) is 24.9 Å². The standard InChI is InChI=1S/C21H25ClN6O/c1-4-19(28-25-20(24-26-28)16-7-9-17(22)10-8-16)21(29)23-18-11-5-15(6-12-18)13-14-27(2)3/h5-12,19H,4,13-14H2,1-3H3,(H,23,29). The largest absolute Gasteiger partial charge is 0.324 e. The first-order chi connectivity index (χ1) is 14.0. The number of nitrogens with zero attached hydrogens (tertiary/aromatic N) is 5. The summed E-state index contributed by atoms with van der Waals surface area (Å²) in [6, 6.07) is 14.5. The molecule has 2 aromatic carbocycles. The second-order valence-corrected chi connectivity index (χ2v) is 7.54. The zero-order valence-electron chi connectivity index (χ0n) is 16.8. The van der Waals surface area contributed by atoms with Crippen molar-refractivity contribution in [2.45, 2.75) is 25.8 Å². The molecule has 3 aromatic rings. The molecule has 1 atom stereocenters. The van der Waals surface area contributed by atoms with Crippen molar-refractivity contribution >= 4 is 23.2 Å². The van der Waals surface area contributed by atoms with Gasteiger partial charge in [0.1, 0.15) is 0 Å². The van der Waals surface area contributed by atoms with Gasteiger partial charge in [0.2, 0.25) is 5.82 Å². The molecular weight excluding hydrogens is 388 g/mol. The number of carbonyl (C=O) groups is 1. The van der Waals surface area contributed by atoms with Gasteiger partial charge in [0.05, 0.1) is 0 Å². The van der Waals surface area contributed by atoms with E-state index in [0.717, 1.165) is 24.2 Å². The highest BCUT2D eigenvalue weighted by Crippen LogP contribution is 2.19. The summed E-state index contributed by atoms with van der Waals surface area (Å²) in [5.41, 5.74) is 2.78. The molecule has 1 unspecified atom stereocenters. The molecule has 0 radical (unpaired) electrons. The molecule has 0 aliphatic rings. The lowest BCUT2D eigenvalue weighted by molar-refractivity contribution is -0.119. The van der Waals surface area contributed by atoms with Crippen LogP contribution in [-0.4, -0.2) is 51.7 Å². The van der Waals surface area contributed by atoms with Gasteiger partial charge in [0.15, 0.2) is 6.04 Å². The second kappa shape index (κ2) is 9.62. The van der Waals surface area contributed by atoms with Crippen LogP contribution in [0.4, 0.5) is 5.69 Å². The van der Waals surface area contributed by atoms with Crippen molar-refractivity contribution in [3.05, 3.63) is 59.1 Å². The van der Waals surface area contributed by atoms with Crippen molar-refractivity contribution in [2.75, 3.05) is 26.0 Å². The Hall–Kier alpha value is -2.77. The number of halogens is 1. The lowest BCUT2D eigenvalue weighted by Gasteiger charge is -2.14. The number of amides is 1. The molecular formula is C21H25ClN6O. The monoisotopic (exact) mass is 412 g/mol. The number of hydrogen-bond donors (Lipinski definition) is 1. The van der Waals surface area contributed by atoms with Gasteiger partial charge in [0.25, 0.3) is 5.91 Å². The van der Waals surface area contributed by atoms with Gasteiger partial charge >= 0.3 is 0 Å². The molecule has 3 rings (SSSR count). The van der Waals surface area contributed by atoms with Gasteiger partial charge in [-0.1, -0.05) is 30.7 Å². The summed E-state index contributed by atoms with van der Waals surface area (Å²) in [7, 11) is 4.10. The fourth-order valence-electron chi connectivity index (χ4n) is 2.86. The Kier molecular flexibility index (Phi) is 6.95. The van der Waals surface area contributed by atoms with Crippen LogP contribution in [-0.2, 0) is 11.2 Å². The zero-order valence-corrected chi connectivity index (χ0v) is 17.6. The lowest BCUT2D eigenvalue weighted by atomic mass is 10.1. The third kappa shape index (κ3) is 5.62. The van der Waals surface area contributed by atoms with Crippen molar-refractivity contribution in [1.29, 1.82) is 0 Å². The third-order valence-electron chi connectivity index (χ3n) is 4.57. The number of anilines is 1. The first kappa shape index (κ1) is 21.0. The van der Waals surface area contributed by atoms with Crippen LogP contribution in [0, 0.1) is 0 Å². The average molecular weight is 413 g/mol. The maximum absolute atomic E-state index is 12.8. The highest BCUT2D eigenvalue weighted by molar-refractivity contribution is 6.30. The van der Waals surface area contributed by atoms with Crippen LogP contribution in [0.2, 0.25) is 5.02 Å². The molecule has 0 bridgehead atoms. The molecule has 1 N–H and O–H groups in total. The minimum Gasteiger partial charge on any atom is -0.324 e. The number of aromatic nitrogens is 4. The van der Waals surface area contributed by atoms with Crippen LogP contribution in [0.3, 0.4) is 0 Å². The van der Waals surface area contributed by atoms with Gasteiger partial charge in [-0.3, -0.25) is 4.79 Å². The number of benzene rings is 2. The summed E-state index contributed by atoms with van der Waals surface area (Å²) < 4.78 is 0. The van der Waals surface area contributed by atoms with Crippen LogP contribution in [0.25, 0.3) is 11.4 Å². The van der Waals surface area contributed by atoms with E-state index in [-0.39, 0.29) is 5.91 Å². The van der Waals surface area contributed by atoms with E-state index < -0.39 is 6.04 Å². The molecule has 0 saturated carbocycles. The fourth-order valence-corrected chi connectivity index (χ4v) is 2.98. The van der Waals surface area contributed by atoms with E-state index >= 15 is 0 Å². The Morgan fingerprint density at radius 1 is 1.14 bits per heavy atom. The number of likely N-dealkylation sites (N-methyl/N-ethyl adjacent to an activating group) is 1. The summed E-state index contributed by atoms with van der Waals surface area (Å²) in [6.07, 6.45) is 1.51. The van der Waals surface area contributed by atoms with Gasteiger partial charge in [-0.05, 0) is 74.1 Å². The van der Waals surface area contributed by atoms with E-state index in [1.165, 1.54) is 10.4 Å². The number of nitrogens with one attached hydrogen (secondary N) is 1. The van der Waals surface area contributed by atoms with Crippen molar-refractivity contribution in [3.63, 3.8) is 0 Å². The number of rotatable bonds is 8. The normalized spacial score (nSPS) is 12.2. The quantitative estimate of drug-likeness (QED) is 0.610. The molecule has 1 heterocycles. The van der Waals surface area contributed by atoms with E-state index in [1.807, 2.05) is 43.3 Å². The molecule has 0 saturated heterocycles. The van der Waals surface area contributed by atoms with Crippen LogP contribution in [0.5, 0.6) is 0 Å². The van der Waals surface area contributed by atoms with Gasteiger partial charge in [-0.2, -0.15) is 4.80 Å². The topological polar surface area (TPSA) is 75.9 Å². The highest BCUT2D eigenvalue weighted by Gasteiger charge is 2.22. The van der Waals surface area contributed by atoms with E-state index in [9.17, 15) is 4.79 Å². The minimum atomic E-state index is -0.544. The van der Waals surface area contributed by atoms with E-state index in [4.69, 9.17) is 11.6 Å². The van der Waals surface area contributed by atoms with Crippen molar-refractivity contribution in [1.82, 2.24) is 25.1 Å². The van der Waals surface area contributed by atoms with Gasteiger partial charge in [0, 0.05) is 22.8 Å². The predicted octanol–water partition coefficient (Wildman–Crippen LogP) is 3.69. The SMILES string of the molecule is CCC(C(=O)Nc1ccc(CCN(C)C)cc1)n1nnc(-c2ccc(Cl)cc2)n1. The zero-order chi connectivity index (χ0) is 20.8. The van der Waals surface area contributed by atoms with E-state index in [2.05, 4.69) is 39.7 Å². The molecule has 29 heavy (non-hydrogen) atoms. The van der Waals surface area contributed by atoms with Crippen molar-refractivity contribution in [2.24, 2.45) is 0 Å². The molecule has 0 spiro atoms. The highest BCUT2D eigenvalue weighted by atomic mass is 35.5. The van der Waals surface area contributed by atoms with Gasteiger partial charge in [-0.15, -0.1) is 10.2 Å². The first-order valence-electron chi connectivity index (χ1n) is 9.56. The molecule has 8 heteroatoms. The second-order valence-electron chi connectivity index (χ2n) is 7.10. The Bertz CT molecular complexity index is 937. The molecule has 1 aromatic heterocycles. The van der Waals surface area contributed by atoms with Crippen molar-refractivity contribution in [3.8, 4) is 11.4 Å².